The van der Waals surface area contributed by atoms with Crippen LogP contribution in [0.15, 0.2) is 48.5 Å². The Balaban J connectivity index is -0.000000441. The molecule has 2 aromatic rings. The quantitative estimate of drug-likeness (QED) is 0.319. The summed E-state index contributed by atoms with van der Waals surface area (Å²) in [5.74, 6) is 0.590. The molecule has 0 saturated carbocycles. The molecule has 0 aliphatic rings. The van der Waals surface area contributed by atoms with Gasteiger partial charge < -0.3 is 59.3 Å². The van der Waals surface area contributed by atoms with Crippen LogP contribution in [0, 0.1) is 5.39 Å². The Morgan fingerprint density at radius 1 is 1.00 bits per heavy atom. The predicted octanol–water partition coefficient (Wildman–Crippen LogP) is -7.78. The van der Waals surface area contributed by atoms with E-state index in [-0.39, 0.29) is 69.1 Å². The first kappa shape index (κ1) is 32.0. The second kappa shape index (κ2) is 16.7. The van der Waals surface area contributed by atoms with E-state index in [2.05, 4.69) is 22.0 Å². The van der Waals surface area contributed by atoms with Crippen molar-refractivity contribution in [1.29, 1.82) is 5.39 Å². The first-order valence-corrected chi connectivity index (χ1v) is 6.61. The van der Waals surface area contributed by atoms with Gasteiger partial charge in [-0.25, -0.2) is 0 Å². The molecule has 134 valence electrons. The summed E-state index contributed by atoms with van der Waals surface area (Å²) in [6.45, 7) is 3.25. The van der Waals surface area contributed by atoms with Crippen molar-refractivity contribution in [1.82, 2.24) is 0 Å². The minimum Gasteiger partial charge on any atom is -1.00 e. The summed E-state index contributed by atoms with van der Waals surface area (Å²) >= 11 is 0. The molecule has 2 rings (SSSR count). The molecule has 0 aromatic heterocycles. The van der Waals surface area contributed by atoms with E-state index < -0.39 is 0 Å². The van der Waals surface area contributed by atoms with Crippen molar-refractivity contribution in [2.45, 2.75) is 13.5 Å². The van der Waals surface area contributed by atoms with Crippen molar-refractivity contribution >= 4 is 11.4 Å². The van der Waals surface area contributed by atoms with E-state index in [1.165, 1.54) is 5.56 Å². The molecule has 0 radical (unpaired) electrons. The van der Waals surface area contributed by atoms with Crippen molar-refractivity contribution in [2.24, 2.45) is 0 Å². The van der Waals surface area contributed by atoms with Crippen LogP contribution in [0.5, 0.6) is 5.75 Å². The third kappa shape index (κ3) is 9.49. The zero-order chi connectivity index (χ0) is 14.4. The van der Waals surface area contributed by atoms with Crippen LogP contribution in [-0.4, -0.2) is 13.7 Å². The van der Waals surface area contributed by atoms with Gasteiger partial charge in [0.15, 0.2) is 4.98 Å². The molecule has 25 heavy (non-hydrogen) atoms. The summed E-state index contributed by atoms with van der Waals surface area (Å²) in [7, 11) is 2.02. The molecular formula is C16H18Cl4N3OZn-. The summed E-state index contributed by atoms with van der Waals surface area (Å²) in [6.07, 6.45) is 0. The smallest absolute Gasteiger partial charge is 1.00 e. The Morgan fingerprint density at radius 3 is 2.12 bits per heavy atom. The van der Waals surface area contributed by atoms with Gasteiger partial charge >= 0.3 is 25.2 Å². The number of hydrogen-bond donors (Lipinski definition) is 0. The number of nitrogens with zero attached hydrogens (tertiary/aromatic N) is 3. The Labute approximate surface area is 186 Å². The van der Waals surface area contributed by atoms with Crippen LogP contribution >= 0.6 is 0 Å². The average molecular weight is 476 g/mol. The minimum atomic E-state index is 0. The van der Waals surface area contributed by atoms with Gasteiger partial charge in [0.1, 0.15) is 0 Å². The van der Waals surface area contributed by atoms with Gasteiger partial charge in [-0.1, -0.05) is 30.3 Å². The Kier molecular flexibility index (Phi) is 21.3. The van der Waals surface area contributed by atoms with Crippen molar-refractivity contribution in [3.05, 3.63) is 59.1 Å². The van der Waals surface area contributed by atoms with Gasteiger partial charge in [0.25, 0.3) is 0 Å². The molecule has 0 spiro atoms. The number of halogens is 4. The van der Waals surface area contributed by atoms with E-state index in [1.54, 1.807) is 6.07 Å². The number of rotatable bonds is 5. The van der Waals surface area contributed by atoms with E-state index in [9.17, 15) is 0 Å². The Hall–Kier alpha value is -0.757. The molecule has 0 N–H and O–H groups in total. The van der Waals surface area contributed by atoms with E-state index in [0.29, 0.717) is 18.0 Å². The second-order valence-corrected chi connectivity index (χ2v) is 4.53. The topological polar surface area (TPSA) is 40.6 Å². The number of hydrogen-bond acceptors (Lipinski definition) is 3. The van der Waals surface area contributed by atoms with E-state index in [1.807, 2.05) is 44.3 Å². The molecule has 2 aromatic carbocycles. The SMILES string of the molecule is CCOc1cc(N(C)Cc2ccccc2)ccc1[N+]#N.[Cl-].[Cl-].[Cl-].[Cl-].[Zn+2]. The third-order valence-corrected chi connectivity index (χ3v) is 3.05. The fourth-order valence-electron chi connectivity index (χ4n) is 2.04. The summed E-state index contributed by atoms with van der Waals surface area (Å²) < 4.78 is 5.49. The van der Waals surface area contributed by atoms with Crippen molar-refractivity contribution in [3.8, 4) is 5.75 Å². The zero-order valence-corrected chi connectivity index (χ0v) is 20.0. The fourth-order valence-corrected chi connectivity index (χ4v) is 2.04. The first-order valence-electron chi connectivity index (χ1n) is 6.61. The molecule has 9 heteroatoms. The van der Waals surface area contributed by atoms with Crippen molar-refractivity contribution in [2.75, 3.05) is 18.6 Å². The summed E-state index contributed by atoms with van der Waals surface area (Å²) in [5.41, 5.74) is 2.71. The van der Waals surface area contributed by atoms with Gasteiger partial charge in [-0.15, -0.1) is 0 Å². The maximum Gasteiger partial charge on any atom is 2.00 e. The minimum absolute atomic E-state index is 0. The Morgan fingerprint density at radius 2 is 1.60 bits per heavy atom. The summed E-state index contributed by atoms with van der Waals surface area (Å²) in [5, 5.41) is 8.94. The van der Waals surface area contributed by atoms with Crippen LogP contribution in [0.1, 0.15) is 12.5 Å². The molecular weight excluding hydrogens is 457 g/mol. The molecule has 0 saturated heterocycles. The van der Waals surface area contributed by atoms with Gasteiger partial charge in [-0.05, 0) is 18.6 Å². The number of diazo groups is 1. The van der Waals surface area contributed by atoms with Gasteiger partial charge in [-0.2, -0.15) is 0 Å². The van der Waals surface area contributed by atoms with E-state index in [4.69, 9.17) is 10.1 Å². The Bertz CT molecular complexity index is 627. The monoisotopic (exact) mass is 472 g/mol. The van der Waals surface area contributed by atoms with Crippen LogP contribution in [0.4, 0.5) is 11.4 Å². The first-order chi connectivity index (χ1) is 9.74. The van der Waals surface area contributed by atoms with Gasteiger partial charge in [-0.3, -0.25) is 0 Å². The largest absolute Gasteiger partial charge is 2.00 e. The molecule has 0 aliphatic heterocycles. The van der Waals surface area contributed by atoms with Crippen LogP contribution in [0.25, 0.3) is 4.98 Å². The average Bonchev–Trinajstić information content (AvgIpc) is 2.48. The van der Waals surface area contributed by atoms with E-state index in [0.717, 1.165) is 12.2 Å². The van der Waals surface area contributed by atoms with Crippen molar-refractivity contribution < 1.29 is 73.8 Å². The van der Waals surface area contributed by atoms with E-state index >= 15 is 0 Å². The van der Waals surface area contributed by atoms with Crippen LogP contribution in [0.2, 0.25) is 0 Å². The van der Waals surface area contributed by atoms with Crippen LogP contribution < -0.4 is 59.3 Å². The molecule has 0 amide bonds. The molecule has 0 fully saturated rings. The maximum absolute atomic E-state index is 8.94. The molecule has 0 unspecified atom stereocenters. The van der Waals surface area contributed by atoms with Gasteiger partial charge in [0, 0.05) is 31.4 Å². The van der Waals surface area contributed by atoms with Crippen LogP contribution in [0.3, 0.4) is 0 Å². The molecule has 0 bridgehead atoms. The molecule has 0 heterocycles. The number of benzene rings is 2. The van der Waals surface area contributed by atoms with Gasteiger partial charge in [0.2, 0.25) is 11.1 Å². The number of ether oxygens (including phenoxy) is 1. The third-order valence-electron chi connectivity index (χ3n) is 3.05. The summed E-state index contributed by atoms with van der Waals surface area (Å²) in [6, 6.07) is 15.8. The van der Waals surface area contributed by atoms with Gasteiger partial charge in [0.05, 0.1) is 6.61 Å². The predicted molar refractivity (Wildman–Crippen MR) is 80.9 cm³/mol. The van der Waals surface area contributed by atoms with Crippen molar-refractivity contribution in [3.63, 3.8) is 0 Å². The normalized spacial score (nSPS) is 7.88. The number of anilines is 1. The second-order valence-electron chi connectivity index (χ2n) is 4.53. The maximum atomic E-state index is 8.94. The zero-order valence-electron chi connectivity index (χ0n) is 14.0. The summed E-state index contributed by atoms with van der Waals surface area (Å²) in [4.78, 5) is 5.35. The molecule has 0 aliphatic carbocycles. The standard InChI is InChI=1S/C16H18N3O.4ClH.Zn/c1-3-20-16-11-14(9-10-15(16)18-17)19(2)12-13-7-5-4-6-8-13;;;;;/h4-11H,3,12H2,1-2H3;4*1H;/q+1;;;;;+2/p-4. The molecule has 4 nitrogen and oxygen atoms in total. The fraction of sp³-hybridized carbons (Fsp3) is 0.250. The molecule has 0 atom stereocenters. The van der Waals surface area contributed by atoms with Crippen LogP contribution in [-0.2, 0) is 26.0 Å².